The molecule has 7 heteroatoms. The lowest BCUT2D eigenvalue weighted by atomic mass is 10.1. The molecular weight excluding hydrogens is 264 g/mol. The molecule has 0 bridgehead atoms. The van der Waals surface area contributed by atoms with Crippen molar-refractivity contribution in [3.05, 3.63) is 23.8 Å². The van der Waals surface area contributed by atoms with E-state index in [9.17, 15) is 14.4 Å². The van der Waals surface area contributed by atoms with E-state index in [1.54, 1.807) is 12.1 Å². The summed E-state index contributed by atoms with van der Waals surface area (Å²) in [4.78, 5) is 35.7. The van der Waals surface area contributed by atoms with Gasteiger partial charge in [-0.1, -0.05) is 0 Å². The van der Waals surface area contributed by atoms with Gasteiger partial charge in [0.15, 0.2) is 6.61 Å². The molecule has 7 nitrogen and oxygen atoms in total. The lowest BCUT2D eigenvalue weighted by molar-refractivity contribution is -0.141. The number of esters is 1. The number of rotatable bonds is 3. The minimum atomic E-state index is -0.504. The number of ether oxygens (including phenoxy) is 2. The smallest absolute Gasteiger partial charge is 0.325 e. The van der Waals surface area contributed by atoms with Crippen molar-refractivity contribution >= 4 is 23.5 Å². The average Bonchev–Trinajstić information content (AvgIpc) is 2.45. The first-order chi connectivity index (χ1) is 9.51. The van der Waals surface area contributed by atoms with E-state index in [-0.39, 0.29) is 25.0 Å². The molecule has 1 aromatic rings. The van der Waals surface area contributed by atoms with E-state index >= 15 is 0 Å². The number of methoxy groups -OCH3 is 1. The zero-order chi connectivity index (χ0) is 14.7. The van der Waals surface area contributed by atoms with Gasteiger partial charge in [-0.2, -0.15) is 0 Å². The van der Waals surface area contributed by atoms with Gasteiger partial charge in [0, 0.05) is 12.6 Å². The number of fused-ring (bicyclic) bond motifs is 1. The summed E-state index contributed by atoms with van der Waals surface area (Å²) in [6.45, 7) is -0.183. The van der Waals surface area contributed by atoms with Gasteiger partial charge in [-0.3, -0.25) is 14.4 Å². The Balaban J connectivity index is 2.16. The molecule has 0 aliphatic carbocycles. The second kappa shape index (κ2) is 5.60. The standard InChI is InChI=1S/C13H14N2O5/c1-15(6-12(17)19-2)13(18)8-3-4-10-9(5-8)14-11(16)7-20-10/h3-5H,6-7H2,1-2H3,(H,14,16). The molecule has 0 saturated heterocycles. The number of hydrogen-bond donors (Lipinski definition) is 1. The molecule has 106 valence electrons. The van der Waals surface area contributed by atoms with Crippen LogP contribution in [0.3, 0.4) is 0 Å². The first-order valence-electron chi connectivity index (χ1n) is 5.90. The fourth-order valence-corrected chi connectivity index (χ4v) is 1.77. The Bertz CT molecular complexity index is 570. The van der Waals surface area contributed by atoms with Crippen LogP contribution in [0.4, 0.5) is 5.69 Å². The molecule has 2 rings (SSSR count). The third kappa shape index (κ3) is 2.87. The average molecular weight is 278 g/mol. The second-order valence-corrected chi connectivity index (χ2v) is 4.29. The topological polar surface area (TPSA) is 84.9 Å². The fraction of sp³-hybridized carbons (Fsp3) is 0.308. The molecule has 0 atom stereocenters. The van der Waals surface area contributed by atoms with Gasteiger partial charge in [0.2, 0.25) is 0 Å². The largest absolute Gasteiger partial charge is 0.482 e. The van der Waals surface area contributed by atoms with Crippen LogP contribution in [0.15, 0.2) is 18.2 Å². The predicted molar refractivity (Wildman–Crippen MR) is 69.5 cm³/mol. The number of nitrogens with one attached hydrogen (secondary N) is 1. The number of anilines is 1. The number of carbonyl (C=O) groups is 3. The molecule has 0 radical (unpaired) electrons. The van der Waals surface area contributed by atoms with Crippen molar-refractivity contribution in [2.45, 2.75) is 0 Å². The molecule has 0 fully saturated rings. The second-order valence-electron chi connectivity index (χ2n) is 4.29. The molecule has 1 N–H and O–H groups in total. The van der Waals surface area contributed by atoms with Crippen molar-refractivity contribution in [2.24, 2.45) is 0 Å². The van der Waals surface area contributed by atoms with Crippen LogP contribution in [0, 0.1) is 0 Å². The number of amides is 2. The van der Waals surface area contributed by atoms with Gasteiger partial charge in [-0.25, -0.2) is 0 Å². The quantitative estimate of drug-likeness (QED) is 0.802. The van der Waals surface area contributed by atoms with E-state index in [0.29, 0.717) is 17.0 Å². The molecule has 0 spiro atoms. The summed E-state index contributed by atoms with van der Waals surface area (Å²) in [7, 11) is 2.75. The Morgan fingerprint density at radius 2 is 2.20 bits per heavy atom. The third-order valence-corrected chi connectivity index (χ3v) is 2.80. The van der Waals surface area contributed by atoms with Crippen molar-refractivity contribution in [1.82, 2.24) is 4.90 Å². The van der Waals surface area contributed by atoms with E-state index < -0.39 is 5.97 Å². The molecule has 0 saturated carbocycles. The third-order valence-electron chi connectivity index (χ3n) is 2.80. The Kier molecular flexibility index (Phi) is 3.88. The van der Waals surface area contributed by atoms with Crippen molar-refractivity contribution in [2.75, 3.05) is 32.6 Å². The van der Waals surface area contributed by atoms with Crippen LogP contribution in [-0.2, 0) is 14.3 Å². The number of carbonyl (C=O) groups excluding carboxylic acids is 3. The molecule has 2 amide bonds. The number of hydrogen-bond acceptors (Lipinski definition) is 5. The summed E-state index contributed by atoms with van der Waals surface area (Å²) >= 11 is 0. The Hall–Kier alpha value is -2.57. The van der Waals surface area contributed by atoms with Crippen molar-refractivity contribution in [3.8, 4) is 5.75 Å². The minimum absolute atomic E-state index is 0.0392. The monoisotopic (exact) mass is 278 g/mol. The molecule has 20 heavy (non-hydrogen) atoms. The van der Waals surface area contributed by atoms with Gasteiger partial charge in [0.05, 0.1) is 12.8 Å². The zero-order valence-electron chi connectivity index (χ0n) is 11.1. The highest BCUT2D eigenvalue weighted by Gasteiger charge is 2.20. The maximum atomic E-state index is 12.1. The normalized spacial score (nSPS) is 12.8. The molecule has 1 aliphatic heterocycles. The molecule has 1 aliphatic rings. The maximum absolute atomic E-state index is 12.1. The van der Waals surface area contributed by atoms with Crippen molar-refractivity contribution < 1.29 is 23.9 Å². The molecule has 0 aromatic heterocycles. The summed E-state index contributed by atoms with van der Waals surface area (Å²) in [6, 6.07) is 4.70. The SMILES string of the molecule is COC(=O)CN(C)C(=O)c1ccc2c(c1)NC(=O)CO2. The first kappa shape index (κ1) is 13.9. The highest BCUT2D eigenvalue weighted by Crippen LogP contribution is 2.28. The lowest BCUT2D eigenvalue weighted by Crippen LogP contribution is -2.33. The predicted octanol–water partition coefficient (Wildman–Crippen LogP) is 0.262. The summed E-state index contributed by atoms with van der Waals surface area (Å²) in [5, 5.41) is 2.62. The van der Waals surface area contributed by atoms with Gasteiger partial charge in [-0.15, -0.1) is 0 Å². The molecule has 1 heterocycles. The Morgan fingerprint density at radius 3 is 2.90 bits per heavy atom. The van der Waals surface area contributed by atoms with Crippen molar-refractivity contribution in [3.63, 3.8) is 0 Å². The Morgan fingerprint density at radius 1 is 1.45 bits per heavy atom. The van der Waals surface area contributed by atoms with Crippen LogP contribution < -0.4 is 10.1 Å². The summed E-state index contributed by atoms with van der Waals surface area (Å²) in [5.41, 5.74) is 0.791. The van der Waals surface area contributed by atoms with E-state index in [2.05, 4.69) is 10.1 Å². The summed E-state index contributed by atoms with van der Waals surface area (Å²) in [6.07, 6.45) is 0. The first-order valence-corrected chi connectivity index (χ1v) is 5.90. The highest BCUT2D eigenvalue weighted by molar-refractivity contribution is 6.00. The lowest BCUT2D eigenvalue weighted by Gasteiger charge is -2.20. The van der Waals surface area contributed by atoms with E-state index in [1.165, 1.54) is 25.1 Å². The highest BCUT2D eigenvalue weighted by atomic mass is 16.5. The zero-order valence-corrected chi connectivity index (χ0v) is 11.1. The molecular formula is C13H14N2O5. The molecule has 0 unspecified atom stereocenters. The number of benzene rings is 1. The van der Waals surface area contributed by atoms with Crippen LogP contribution in [-0.4, -0.2) is 50.0 Å². The van der Waals surface area contributed by atoms with E-state index in [4.69, 9.17) is 4.74 Å². The van der Waals surface area contributed by atoms with Crippen LogP contribution >= 0.6 is 0 Å². The van der Waals surface area contributed by atoms with Gasteiger partial charge in [0.25, 0.3) is 11.8 Å². The molecule has 1 aromatic carbocycles. The van der Waals surface area contributed by atoms with Crippen molar-refractivity contribution in [1.29, 1.82) is 0 Å². The van der Waals surface area contributed by atoms with Gasteiger partial charge in [-0.05, 0) is 18.2 Å². The minimum Gasteiger partial charge on any atom is -0.482 e. The Labute approximate surface area is 115 Å². The van der Waals surface area contributed by atoms with E-state index in [0.717, 1.165) is 0 Å². The summed E-state index contributed by atoms with van der Waals surface area (Å²) < 4.78 is 9.70. The van der Waals surface area contributed by atoms with Gasteiger partial charge < -0.3 is 19.7 Å². The van der Waals surface area contributed by atoms with Crippen LogP contribution in [0.25, 0.3) is 0 Å². The van der Waals surface area contributed by atoms with Gasteiger partial charge in [0.1, 0.15) is 12.3 Å². The maximum Gasteiger partial charge on any atom is 0.325 e. The van der Waals surface area contributed by atoms with E-state index in [1.807, 2.05) is 0 Å². The van der Waals surface area contributed by atoms with Crippen LogP contribution in [0.1, 0.15) is 10.4 Å². The number of likely N-dealkylation sites (N-methyl/N-ethyl adjacent to an activating group) is 1. The number of nitrogens with zero attached hydrogens (tertiary/aromatic N) is 1. The van der Waals surface area contributed by atoms with Crippen LogP contribution in [0.2, 0.25) is 0 Å². The van der Waals surface area contributed by atoms with Crippen LogP contribution in [0.5, 0.6) is 5.75 Å². The summed E-state index contributed by atoms with van der Waals surface area (Å²) in [5.74, 6) is -0.616. The van der Waals surface area contributed by atoms with Gasteiger partial charge >= 0.3 is 5.97 Å². The fourth-order valence-electron chi connectivity index (χ4n) is 1.77.